The zero-order valence-electron chi connectivity index (χ0n) is 22.0. The largest absolute Gasteiger partial charge is 0.460 e. The molecule has 0 aliphatic heterocycles. The van der Waals surface area contributed by atoms with Crippen molar-refractivity contribution in [3.05, 3.63) is 120 Å². The molecule has 2 atom stereocenters. The van der Waals surface area contributed by atoms with E-state index in [1.165, 1.54) is 0 Å². The van der Waals surface area contributed by atoms with Crippen LogP contribution in [0.5, 0.6) is 0 Å². The van der Waals surface area contributed by atoms with Gasteiger partial charge in [-0.2, -0.15) is 0 Å². The predicted molar refractivity (Wildman–Crippen MR) is 146 cm³/mol. The summed E-state index contributed by atoms with van der Waals surface area (Å²) in [6, 6.07) is 28.5. The lowest BCUT2D eigenvalue weighted by atomic mass is 9.93. The molecule has 0 aliphatic rings. The highest BCUT2D eigenvalue weighted by atomic mass is 16.6. The number of ether oxygens (including phenoxy) is 2. The molecule has 0 heterocycles. The van der Waals surface area contributed by atoms with E-state index in [1.807, 2.05) is 117 Å². The maximum absolute atomic E-state index is 13.8. The highest BCUT2D eigenvalue weighted by Gasteiger charge is 2.41. The van der Waals surface area contributed by atoms with Crippen LogP contribution in [-0.4, -0.2) is 28.5 Å². The molecule has 0 fully saturated rings. The normalized spacial score (nSPS) is 13.0. The fraction of sp³-hybridized carbons (Fsp3) is 0.312. The first-order valence-corrected chi connectivity index (χ1v) is 12.6. The van der Waals surface area contributed by atoms with Crippen LogP contribution in [0.2, 0.25) is 0 Å². The van der Waals surface area contributed by atoms with Crippen molar-refractivity contribution < 1.29 is 19.1 Å². The minimum atomic E-state index is -0.878. The van der Waals surface area contributed by atoms with Gasteiger partial charge in [0.15, 0.2) is 0 Å². The van der Waals surface area contributed by atoms with Crippen molar-refractivity contribution in [1.29, 1.82) is 0 Å². The SMILES string of the molecule is C=CC[C@H](C(=O)OC(C)(C)C)[C@@H](C(=O)OCc1ccccc1)N(Cc1ccccc1)Cc1ccccc1. The summed E-state index contributed by atoms with van der Waals surface area (Å²) in [6.45, 7) is 10.4. The van der Waals surface area contributed by atoms with E-state index in [9.17, 15) is 9.59 Å². The second-order valence-electron chi connectivity index (χ2n) is 10.1. The molecule has 0 unspecified atom stereocenters. The van der Waals surface area contributed by atoms with E-state index < -0.39 is 29.5 Å². The lowest BCUT2D eigenvalue weighted by Gasteiger charge is -2.35. The number of nitrogens with zero attached hydrogens (tertiary/aromatic N) is 1. The summed E-state index contributed by atoms with van der Waals surface area (Å²) >= 11 is 0. The zero-order valence-corrected chi connectivity index (χ0v) is 22.0. The smallest absolute Gasteiger partial charge is 0.324 e. The Labute approximate surface area is 220 Å². The predicted octanol–water partition coefficient (Wildman–Crippen LogP) is 6.33. The molecule has 0 aromatic heterocycles. The first-order chi connectivity index (χ1) is 17.8. The van der Waals surface area contributed by atoms with Crippen LogP contribution in [0.3, 0.4) is 0 Å². The first kappa shape index (κ1) is 27.9. The summed E-state index contributed by atoms with van der Waals surface area (Å²) in [7, 11) is 0. The van der Waals surface area contributed by atoms with E-state index in [1.54, 1.807) is 6.08 Å². The van der Waals surface area contributed by atoms with Gasteiger partial charge >= 0.3 is 11.9 Å². The molecule has 5 nitrogen and oxygen atoms in total. The summed E-state index contributed by atoms with van der Waals surface area (Å²) in [5.41, 5.74) is 2.24. The third kappa shape index (κ3) is 9.03. The topological polar surface area (TPSA) is 55.8 Å². The Morgan fingerprint density at radius 2 is 1.24 bits per heavy atom. The van der Waals surface area contributed by atoms with Gasteiger partial charge in [-0.05, 0) is 43.9 Å². The number of allylic oxidation sites excluding steroid dienone is 1. The molecule has 0 spiro atoms. The van der Waals surface area contributed by atoms with Gasteiger partial charge in [0.05, 0.1) is 5.92 Å². The van der Waals surface area contributed by atoms with Crippen molar-refractivity contribution in [3.63, 3.8) is 0 Å². The highest BCUT2D eigenvalue weighted by Crippen LogP contribution is 2.26. The maximum atomic E-state index is 13.8. The number of esters is 2. The van der Waals surface area contributed by atoms with E-state index >= 15 is 0 Å². The molecule has 0 radical (unpaired) electrons. The van der Waals surface area contributed by atoms with Crippen LogP contribution in [-0.2, 0) is 38.8 Å². The Hall–Kier alpha value is -3.70. The third-order valence-corrected chi connectivity index (χ3v) is 5.83. The molecule has 0 aliphatic carbocycles. The lowest BCUT2D eigenvalue weighted by molar-refractivity contribution is -0.170. The van der Waals surface area contributed by atoms with Crippen molar-refractivity contribution in [1.82, 2.24) is 4.90 Å². The average molecular weight is 500 g/mol. The second kappa shape index (κ2) is 13.6. The van der Waals surface area contributed by atoms with Gasteiger partial charge in [0.25, 0.3) is 0 Å². The van der Waals surface area contributed by atoms with Gasteiger partial charge in [0.1, 0.15) is 18.2 Å². The van der Waals surface area contributed by atoms with Gasteiger partial charge < -0.3 is 9.47 Å². The van der Waals surface area contributed by atoms with E-state index in [2.05, 4.69) is 6.58 Å². The van der Waals surface area contributed by atoms with Crippen molar-refractivity contribution in [2.75, 3.05) is 0 Å². The van der Waals surface area contributed by atoms with Crippen LogP contribution >= 0.6 is 0 Å². The fourth-order valence-electron chi connectivity index (χ4n) is 4.18. The molecule has 5 heteroatoms. The fourth-order valence-corrected chi connectivity index (χ4v) is 4.18. The van der Waals surface area contributed by atoms with Crippen LogP contribution < -0.4 is 0 Å². The molecule has 3 aromatic carbocycles. The lowest BCUT2D eigenvalue weighted by Crippen LogP contribution is -2.50. The summed E-state index contributed by atoms with van der Waals surface area (Å²) in [4.78, 5) is 29.3. The molecule has 0 saturated carbocycles. The van der Waals surface area contributed by atoms with Crippen LogP contribution in [0, 0.1) is 5.92 Å². The molecule has 0 amide bonds. The second-order valence-corrected chi connectivity index (χ2v) is 10.1. The molecule has 3 rings (SSSR count). The van der Waals surface area contributed by atoms with Crippen LogP contribution in [0.15, 0.2) is 104 Å². The van der Waals surface area contributed by atoms with Gasteiger partial charge in [-0.1, -0.05) is 97.1 Å². The minimum Gasteiger partial charge on any atom is -0.460 e. The van der Waals surface area contributed by atoms with Crippen molar-refractivity contribution in [2.24, 2.45) is 5.92 Å². The maximum Gasteiger partial charge on any atom is 0.324 e. The number of hydrogen-bond donors (Lipinski definition) is 0. The standard InChI is InChI=1S/C32H37NO4/c1-5-15-28(30(34)37-32(2,3)4)29(31(35)36-24-27-20-13-8-14-21-27)33(22-25-16-9-6-10-17-25)23-26-18-11-7-12-19-26/h5-14,16-21,28-29H,1,15,22-24H2,2-4H3/t28-,29-/m0/s1. The number of carbonyl (C=O) groups is 2. The van der Waals surface area contributed by atoms with E-state index in [0.717, 1.165) is 16.7 Å². The summed E-state index contributed by atoms with van der Waals surface area (Å²) in [5.74, 6) is -1.69. The molecular weight excluding hydrogens is 462 g/mol. The van der Waals surface area contributed by atoms with E-state index in [-0.39, 0.29) is 13.0 Å². The highest BCUT2D eigenvalue weighted by molar-refractivity contribution is 5.85. The Bertz CT molecular complexity index is 1080. The molecule has 0 bridgehead atoms. The van der Waals surface area contributed by atoms with Gasteiger partial charge in [0.2, 0.25) is 0 Å². The molecular formula is C32H37NO4. The van der Waals surface area contributed by atoms with Crippen LogP contribution in [0.1, 0.15) is 43.9 Å². The average Bonchev–Trinajstić information content (AvgIpc) is 2.88. The zero-order chi connectivity index (χ0) is 26.7. The molecule has 3 aromatic rings. The summed E-state index contributed by atoms with van der Waals surface area (Å²) in [6.07, 6.45) is 1.94. The summed E-state index contributed by atoms with van der Waals surface area (Å²) < 4.78 is 11.6. The molecule has 37 heavy (non-hydrogen) atoms. The molecule has 194 valence electrons. The van der Waals surface area contributed by atoms with Gasteiger partial charge in [-0.3, -0.25) is 14.5 Å². The quantitative estimate of drug-likeness (QED) is 0.215. The Balaban J connectivity index is 2.00. The van der Waals surface area contributed by atoms with Crippen LogP contribution in [0.25, 0.3) is 0 Å². The number of hydrogen-bond acceptors (Lipinski definition) is 5. The van der Waals surface area contributed by atoms with E-state index in [0.29, 0.717) is 13.1 Å². The Kier molecular flexibility index (Phi) is 10.2. The van der Waals surface area contributed by atoms with Gasteiger partial charge in [-0.25, -0.2) is 0 Å². The van der Waals surface area contributed by atoms with E-state index in [4.69, 9.17) is 9.47 Å². The summed E-state index contributed by atoms with van der Waals surface area (Å²) in [5, 5.41) is 0. The number of rotatable bonds is 12. The van der Waals surface area contributed by atoms with Gasteiger partial charge in [-0.15, -0.1) is 6.58 Å². The Morgan fingerprint density at radius 3 is 1.68 bits per heavy atom. The third-order valence-electron chi connectivity index (χ3n) is 5.83. The van der Waals surface area contributed by atoms with Gasteiger partial charge in [0, 0.05) is 13.1 Å². The number of carbonyl (C=O) groups excluding carboxylic acids is 2. The molecule has 0 saturated heterocycles. The van der Waals surface area contributed by atoms with Crippen molar-refractivity contribution in [3.8, 4) is 0 Å². The van der Waals surface area contributed by atoms with Crippen molar-refractivity contribution >= 4 is 11.9 Å². The Morgan fingerprint density at radius 1 is 0.784 bits per heavy atom. The minimum absolute atomic E-state index is 0.121. The number of benzene rings is 3. The first-order valence-electron chi connectivity index (χ1n) is 12.6. The van der Waals surface area contributed by atoms with Crippen LogP contribution in [0.4, 0.5) is 0 Å². The molecule has 0 N–H and O–H groups in total. The van der Waals surface area contributed by atoms with Crippen molar-refractivity contribution in [2.45, 2.75) is 58.5 Å². The monoisotopic (exact) mass is 499 g/mol.